The van der Waals surface area contributed by atoms with Gasteiger partial charge in [-0.05, 0) is 67.8 Å². The molecule has 0 unspecified atom stereocenters. The SMILES string of the molecule is Cc1c(F)cccc1NS(=O)(=O)c1cc(S(=O)(=O)Nc2cccc(F)c2C)c2cc(O)ccc2c1. The Morgan fingerprint density at radius 2 is 1.26 bits per heavy atom. The molecule has 0 atom stereocenters. The maximum Gasteiger partial charge on any atom is 0.262 e. The average molecular weight is 519 g/mol. The van der Waals surface area contributed by atoms with Gasteiger partial charge in [0.1, 0.15) is 17.4 Å². The van der Waals surface area contributed by atoms with Gasteiger partial charge in [-0.25, -0.2) is 25.6 Å². The van der Waals surface area contributed by atoms with Crippen molar-refractivity contribution in [2.24, 2.45) is 0 Å². The lowest BCUT2D eigenvalue weighted by Crippen LogP contribution is -2.18. The summed E-state index contributed by atoms with van der Waals surface area (Å²) in [4.78, 5) is -0.860. The number of benzene rings is 4. The van der Waals surface area contributed by atoms with E-state index >= 15 is 0 Å². The summed E-state index contributed by atoms with van der Waals surface area (Å²) in [5.74, 6) is -1.48. The van der Waals surface area contributed by atoms with Gasteiger partial charge >= 0.3 is 0 Å². The first-order valence-corrected chi connectivity index (χ1v) is 13.2. The minimum Gasteiger partial charge on any atom is -0.508 e. The second-order valence-corrected chi connectivity index (χ2v) is 11.2. The van der Waals surface area contributed by atoms with E-state index in [4.69, 9.17) is 0 Å². The first-order valence-electron chi connectivity index (χ1n) is 10.2. The maximum absolute atomic E-state index is 14.0. The molecular weight excluding hydrogens is 498 g/mol. The molecule has 0 saturated carbocycles. The number of nitrogens with one attached hydrogen (secondary N) is 2. The van der Waals surface area contributed by atoms with Crippen LogP contribution in [0.25, 0.3) is 10.8 Å². The monoisotopic (exact) mass is 518 g/mol. The Labute approximate surface area is 201 Å². The fourth-order valence-corrected chi connectivity index (χ4v) is 6.13. The zero-order valence-corrected chi connectivity index (χ0v) is 20.1. The van der Waals surface area contributed by atoms with Crippen LogP contribution in [-0.2, 0) is 20.0 Å². The molecule has 0 fully saturated rings. The Balaban J connectivity index is 1.88. The summed E-state index contributed by atoms with van der Waals surface area (Å²) < 4.78 is 85.5. The van der Waals surface area contributed by atoms with Gasteiger partial charge in [0, 0.05) is 16.5 Å². The predicted molar refractivity (Wildman–Crippen MR) is 130 cm³/mol. The van der Waals surface area contributed by atoms with Gasteiger partial charge in [0.05, 0.1) is 21.2 Å². The lowest BCUT2D eigenvalue weighted by Gasteiger charge is -2.16. The summed E-state index contributed by atoms with van der Waals surface area (Å²) >= 11 is 0. The van der Waals surface area contributed by atoms with Crippen LogP contribution in [-0.4, -0.2) is 21.9 Å². The van der Waals surface area contributed by atoms with Gasteiger partial charge in [-0.1, -0.05) is 18.2 Å². The first kappa shape index (κ1) is 24.4. The molecule has 4 rings (SSSR count). The van der Waals surface area contributed by atoms with Crippen molar-refractivity contribution >= 4 is 42.2 Å². The number of halogens is 2. The Hall–Kier alpha value is -3.70. The van der Waals surface area contributed by atoms with Crippen molar-refractivity contribution < 1.29 is 30.7 Å². The van der Waals surface area contributed by atoms with Crippen molar-refractivity contribution in [2.45, 2.75) is 23.6 Å². The van der Waals surface area contributed by atoms with Gasteiger partial charge in [0.25, 0.3) is 20.0 Å². The summed E-state index contributed by atoms with van der Waals surface area (Å²) in [6, 6.07) is 13.8. The van der Waals surface area contributed by atoms with Crippen LogP contribution in [0.1, 0.15) is 11.1 Å². The van der Waals surface area contributed by atoms with Crippen molar-refractivity contribution in [2.75, 3.05) is 9.44 Å². The molecule has 0 aliphatic heterocycles. The third kappa shape index (κ3) is 4.77. The summed E-state index contributed by atoms with van der Waals surface area (Å²) in [5.41, 5.74) is 0.0851. The van der Waals surface area contributed by atoms with Crippen LogP contribution in [0.2, 0.25) is 0 Å². The van der Waals surface area contributed by atoms with Crippen molar-refractivity contribution in [3.63, 3.8) is 0 Å². The average Bonchev–Trinajstić information content (AvgIpc) is 2.79. The van der Waals surface area contributed by atoms with Crippen LogP contribution in [0, 0.1) is 25.5 Å². The Bertz CT molecular complexity index is 1690. The summed E-state index contributed by atoms with van der Waals surface area (Å²) in [5, 5.41) is 10.2. The molecule has 7 nitrogen and oxygen atoms in total. The largest absolute Gasteiger partial charge is 0.508 e. The molecule has 4 aromatic rings. The highest BCUT2D eigenvalue weighted by atomic mass is 32.2. The number of aromatic hydroxyl groups is 1. The summed E-state index contributed by atoms with van der Waals surface area (Å²) in [6.07, 6.45) is 0. The normalized spacial score (nSPS) is 12.0. The fourth-order valence-electron chi connectivity index (χ4n) is 3.50. The molecule has 0 heterocycles. The zero-order chi connectivity index (χ0) is 25.5. The number of anilines is 2. The third-order valence-electron chi connectivity index (χ3n) is 5.50. The summed E-state index contributed by atoms with van der Waals surface area (Å²) in [6.45, 7) is 2.79. The zero-order valence-electron chi connectivity index (χ0n) is 18.5. The number of fused-ring (bicyclic) bond motifs is 1. The van der Waals surface area contributed by atoms with Crippen LogP contribution in [0.3, 0.4) is 0 Å². The molecule has 0 aliphatic rings. The van der Waals surface area contributed by atoms with Crippen molar-refractivity contribution in [1.29, 1.82) is 0 Å². The Morgan fingerprint density at radius 3 is 1.83 bits per heavy atom. The van der Waals surface area contributed by atoms with Gasteiger partial charge in [-0.2, -0.15) is 0 Å². The van der Waals surface area contributed by atoms with Crippen molar-refractivity contribution in [3.05, 3.63) is 89.5 Å². The highest BCUT2D eigenvalue weighted by Gasteiger charge is 2.25. The molecule has 11 heteroatoms. The van der Waals surface area contributed by atoms with Crippen LogP contribution in [0.4, 0.5) is 20.2 Å². The molecule has 4 aromatic carbocycles. The molecule has 35 heavy (non-hydrogen) atoms. The first-order chi connectivity index (χ1) is 16.4. The van der Waals surface area contributed by atoms with Crippen molar-refractivity contribution in [1.82, 2.24) is 0 Å². The Kier molecular flexibility index (Phi) is 6.16. The molecule has 0 saturated heterocycles. The molecule has 0 aliphatic carbocycles. The predicted octanol–water partition coefficient (Wildman–Crippen LogP) is 5.04. The van der Waals surface area contributed by atoms with Gasteiger partial charge in [-0.15, -0.1) is 0 Å². The number of hydrogen-bond donors (Lipinski definition) is 3. The molecule has 3 N–H and O–H groups in total. The van der Waals surface area contributed by atoms with E-state index in [1.807, 2.05) is 0 Å². The van der Waals surface area contributed by atoms with Crippen LogP contribution in [0.5, 0.6) is 5.75 Å². The summed E-state index contributed by atoms with van der Waals surface area (Å²) in [7, 11) is -8.80. The second kappa shape index (κ2) is 8.82. The van der Waals surface area contributed by atoms with Gasteiger partial charge < -0.3 is 5.11 Å². The second-order valence-electron chi connectivity index (χ2n) is 7.86. The van der Waals surface area contributed by atoms with E-state index in [1.165, 1.54) is 74.5 Å². The molecule has 0 bridgehead atoms. The highest BCUT2D eigenvalue weighted by Crippen LogP contribution is 2.33. The van der Waals surface area contributed by atoms with E-state index < -0.39 is 41.5 Å². The highest BCUT2D eigenvalue weighted by molar-refractivity contribution is 7.93. The van der Waals surface area contributed by atoms with Gasteiger partial charge in [-0.3, -0.25) is 9.44 Å². The van der Waals surface area contributed by atoms with E-state index in [1.54, 1.807) is 0 Å². The standard InChI is InChI=1S/C24H20F2N2O5S2/c1-14-20(25)5-3-7-22(14)27-34(30,31)18-11-16-9-10-17(29)12-19(16)24(13-18)35(32,33)28-23-8-4-6-21(26)15(23)2/h3-13,27-29H,1-2H3. The molecule has 0 amide bonds. The molecule has 182 valence electrons. The molecular formula is C24H20F2N2O5S2. The third-order valence-corrected chi connectivity index (χ3v) is 8.25. The molecule has 0 spiro atoms. The number of rotatable bonds is 6. The number of phenols is 1. The topological polar surface area (TPSA) is 113 Å². The van der Waals surface area contributed by atoms with E-state index in [-0.39, 0.29) is 39.0 Å². The van der Waals surface area contributed by atoms with E-state index in [9.17, 15) is 30.7 Å². The Morgan fingerprint density at radius 1 is 0.714 bits per heavy atom. The minimum absolute atomic E-state index is 0.00581. The lowest BCUT2D eigenvalue weighted by atomic mass is 10.1. The van der Waals surface area contributed by atoms with Gasteiger partial charge in [0.2, 0.25) is 0 Å². The van der Waals surface area contributed by atoms with E-state index in [0.717, 1.165) is 6.07 Å². The quantitative estimate of drug-likeness (QED) is 0.331. The van der Waals surface area contributed by atoms with Crippen LogP contribution < -0.4 is 9.44 Å². The van der Waals surface area contributed by atoms with Crippen molar-refractivity contribution in [3.8, 4) is 5.75 Å². The fraction of sp³-hybridized carbons (Fsp3) is 0.0833. The van der Waals surface area contributed by atoms with Crippen LogP contribution >= 0.6 is 0 Å². The minimum atomic E-state index is -4.45. The number of sulfonamides is 2. The smallest absolute Gasteiger partial charge is 0.262 e. The number of hydrogen-bond acceptors (Lipinski definition) is 5. The van der Waals surface area contributed by atoms with Gasteiger partial charge in [0.15, 0.2) is 0 Å². The van der Waals surface area contributed by atoms with Crippen LogP contribution in [0.15, 0.2) is 76.5 Å². The molecule has 0 aromatic heterocycles. The number of phenolic OH excluding ortho intramolecular Hbond substituents is 1. The van der Waals surface area contributed by atoms with E-state index in [2.05, 4.69) is 9.44 Å². The maximum atomic E-state index is 14.0. The molecule has 0 radical (unpaired) electrons. The lowest BCUT2D eigenvalue weighted by molar-refractivity contribution is 0.476. The van der Waals surface area contributed by atoms with E-state index in [0.29, 0.717) is 0 Å².